The molecule has 2 saturated heterocycles. The number of piperidine rings is 1. The molecule has 2 heterocycles. The van der Waals surface area contributed by atoms with E-state index in [0.29, 0.717) is 12.1 Å². The summed E-state index contributed by atoms with van der Waals surface area (Å²) in [6.07, 6.45) is 14.8. The lowest BCUT2D eigenvalue weighted by Crippen LogP contribution is -2.58. The summed E-state index contributed by atoms with van der Waals surface area (Å²) < 4.78 is 0. The lowest BCUT2D eigenvalue weighted by atomic mass is 9.63. The van der Waals surface area contributed by atoms with Crippen LogP contribution in [0.3, 0.4) is 0 Å². The topological polar surface area (TPSA) is 35.6 Å². The standard InChI is InChI=1S/C24H35N3O/c28-22-24(27(19-25-22)20-8-3-1-4-9-20)14-16-26(17-15-24)21-10-7-13-23(18-21)11-5-2-6-12-23/h1,3-4,8-9,21H,2,5-7,10-19H2,(H,25,28). The minimum absolute atomic E-state index is 0.239. The summed E-state index contributed by atoms with van der Waals surface area (Å²) in [5.41, 5.74) is 1.49. The lowest BCUT2D eigenvalue weighted by molar-refractivity contribution is -0.125. The molecule has 152 valence electrons. The van der Waals surface area contributed by atoms with E-state index < -0.39 is 0 Å². The molecule has 28 heavy (non-hydrogen) atoms. The van der Waals surface area contributed by atoms with Gasteiger partial charge in [-0.3, -0.25) is 4.79 Å². The molecule has 4 nitrogen and oxygen atoms in total. The van der Waals surface area contributed by atoms with Gasteiger partial charge < -0.3 is 15.1 Å². The first-order valence-corrected chi connectivity index (χ1v) is 11.6. The summed E-state index contributed by atoms with van der Waals surface area (Å²) in [4.78, 5) is 18.0. The number of hydrogen-bond donors (Lipinski definition) is 1. The smallest absolute Gasteiger partial charge is 0.247 e. The van der Waals surface area contributed by atoms with E-state index in [4.69, 9.17) is 0 Å². The van der Waals surface area contributed by atoms with Crippen molar-refractivity contribution in [2.45, 2.75) is 82.2 Å². The third kappa shape index (κ3) is 3.14. The molecule has 0 bridgehead atoms. The highest BCUT2D eigenvalue weighted by atomic mass is 16.2. The van der Waals surface area contributed by atoms with Crippen molar-refractivity contribution >= 4 is 11.6 Å². The molecule has 1 unspecified atom stereocenters. The highest BCUT2D eigenvalue weighted by Gasteiger charge is 2.51. The molecular weight excluding hydrogens is 346 g/mol. The third-order valence-electron chi connectivity index (χ3n) is 8.37. The first-order valence-electron chi connectivity index (χ1n) is 11.6. The van der Waals surface area contributed by atoms with E-state index in [9.17, 15) is 4.79 Å². The van der Waals surface area contributed by atoms with Crippen molar-refractivity contribution in [3.63, 3.8) is 0 Å². The van der Waals surface area contributed by atoms with Crippen LogP contribution in [0.4, 0.5) is 5.69 Å². The van der Waals surface area contributed by atoms with Crippen LogP contribution in [0.2, 0.25) is 0 Å². The highest BCUT2D eigenvalue weighted by Crippen LogP contribution is 2.49. The lowest BCUT2D eigenvalue weighted by Gasteiger charge is -2.50. The minimum Gasteiger partial charge on any atom is -0.339 e. The Morgan fingerprint density at radius 1 is 0.893 bits per heavy atom. The van der Waals surface area contributed by atoms with Gasteiger partial charge in [0, 0.05) is 24.8 Å². The van der Waals surface area contributed by atoms with E-state index >= 15 is 0 Å². The van der Waals surface area contributed by atoms with Crippen molar-refractivity contribution < 1.29 is 4.79 Å². The van der Waals surface area contributed by atoms with Gasteiger partial charge in [0.25, 0.3) is 0 Å². The van der Waals surface area contributed by atoms with Gasteiger partial charge in [-0.05, 0) is 62.5 Å². The van der Waals surface area contributed by atoms with Crippen molar-refractivity contribution in [3.8, 4) is 0 Å². The molecule has 2 spiro atoms. The zero-order valence-electron chi connectivity index (χ0n) is 17.2. The van der Waals surface area contributed by atoms with Crippen LogP contribution in [0.1, 0.15) is 70.6 Å². The average molecular weight is 382 g/mol. The summed E-state index contributed by atoms with van der Waals surface area (Å²) >= 11 is 0. The molecule has 4 aliphatic rings. The van der Waals surface area contributed by atoms with E-state index in [1.165, 1.54) is 63.5 Å². The van der Waals surface area contributed by atoms with Crippen LogP contribution in [-0.2, 0) is 4.79 Å². The van der Waals surface area contributed by atoms with Gasteiger partial charge >= 0.3 is 0 Å². The zero-order valence-corrected chi connectivity index (χ0v) is 17.2. The molecule has 1 atom stereocenters. The van der Waals surface area contributed by atoms with E-state index in [1.807, 2.05) is 6.07 Å². The Morgan fingerprint density at radius 3 is 2.36 bits per heavy atom. The van der Waals surface area contributed by atoms with E-state index in [-0.39, 0.29) is 11.4 Å². The monoisotopic (exact) mass is 381 g/mol. The fourth-order valence-corrected chi connectivity index (χ4v) is 6.78. The van der Waals surface area contributed by atoms with Gasteiger partial charge in [-0.25, -0.2) is 0 Å². The number of carbonyl (C=O) groups is 1. The average Bonchev–Trinajstić information content (AvgIpc) is 3.05. The highest BCUT2D eigenvalue weighted by molar-refractivity contribution is 5.93. The molecule has 4 heteroatoms. The van der Waals surface area contributed by atoms with Gasteiger partial charge in [0.05, 0.1) is 6.67 Å². The predicted molar refractivity (Wildman–Crippen MR) is 113 cm³/mol. The van der Waals surface area contributed by atoms with E-state index in [0.717, 1.165) is 32.0 Å². The Morgan fingerprint density at radius 2 is 1.61 bits per heavy atom. The van der Waals surface area contributed by atoms with E-state index in [1.54, 1.807) is 0 Å². The van der Waals surface area contributed by atoms with Crippen molar-refractivity contribution in [2.24, 2.45) is 5.41 Å². The molecule has 5 rings (SSSR count). The maximum absolute atomic E-state index is 12.9. The molecule has 4 fully saturated rings. The van der Waals surface area contributed by atoms with Crippen LogP contribution in [0.5, 0.6) is 0 Å². The molecule has 2 saturated carbocycles. The molecule has 1 aromatic carbocycles. The molecule has 0 radical (unpaired) electrons. The summed E-state index contributed by atoms with van der Waals surface area (Å²) in [5.74, 6) is 0.239. The Labute approximate surface area is 169 Å². The number of hydrogen-bond acceptors (Lipinski definition) is 3. The second-order valence-electron chi connectivity index (χ2n) is 9.81. The van der Waals surface area contributed by atoms with E-state index in [2.05, 4.69) is 39.4 Å². The number of benzene rings is 1. The van der Waals surface area contributed by atoms with Crippen LogP contribution >= 0.6 is 0 Å². The van der Waals surface area contributed by atoms with Crippen LogP contribution in [-0.4, -0.2) is 42.1 Å². The van der Waals surface area contributed by atoms with Crippen molar-refractivity contribution in [1.29, 1.82) is 0 Å². The van der Waals surface area contributed by atoms with Gasteiger partial charge in [-0.15, -0.1) is 0 Å². The van der Waals surface area contributed by atoms with Crippen molar-refractivity contribution in [2.75, 3.05) is 24.7 Å². The molecule has 1 amide bonds. The number of para-hydroxylation sites is 1. The number of carbonyl (C=O) groups excluding carboxylic acids is 1. The van der Waals surface area contributed by atoms with Gasteiger partial charge in [0.2, 0.25) is 5.91 Å². The van der Waals surface area contributed by atoms with Crippen LogP contribution in [0, 0.1) is 5.41 Å². The largest absolute Gasteiger partial charge is 0.339 e. The van der Waals surface area contributed by atoms with Crippen molar-refractivity contribution in [1.82, 2.24) is 10.2 Å². The van der Waals surface area contributed by atoms with Crippen LogP contribution in [0.15, 0.2) is 30.3 Å². The second-order valence-corrected chi connectivity index (χ2v) is 9.81. The first-order chi connectivity index (χ1) is 13.7. The number of nitrogens with one attached hydrogen (secondary N) is 1. The summed E-state index contributed by atoms with van der Waals surface area (Å²) in [7, 11) is 0. The normalized spacial score (nSPS) is 29.9. The molecule has 2 aliphatic carbocycles. The first kappa shape index (κ1) is 18.5. The minimum atomic E-state index is -0.338. The molecule has 2 aliphatic heterocycles. The molecule has 0 aromatic heterocycles. The van der Waals surface area contributed by atoms with Crippen LogP contribution < -0.4 is 10.2 Å². The number of rotatable bonds is 2. The predicted octanol–water partition coefficient (Wildman–Crippen LogP) is 4.31. The summed E-state index contributed by atoms with van der Waals surface area (Å²) in [5, 5.41) is 3.14. The zero-order chi connectivity index (χ0) is 19.0. The maximum Gasteiger partial charge on any atom is 0.247 e. The van der Waals surface area contributed by atoms with Crippen molar-refractivity contribution in [3.05, 3.63) is 30.3 Å². The Balaban J connectivity index is 1.28. The maximum atomic E-state index is 12.9. The SMILES string of the molecule is O=C1NCN(c2ccccc2)C12CCN(C1CCCC3(CCCCC3)C1)CC2. The quantitative estimate of drug-likeness (QED) is 0.829. The fraction of sp³-hybridized carbons (Fsp3) is 0.708. The molecule has 1 aromatic rings. The van der Waals surface area contributed by atoms with Gasteiger partial charge in [-0.2, -0.15) is 0 Å². The third-order valence-corrected chi connectivity index (χ3v) is 8.37. The number of amides is 1. The van der Waals surface area contributed by atoms with Gasteiger partial charge in [0.1, 0.15) is 5.54 Å². The molecule has 1 N–H and O–H groups in total. The van der Waals surface area contributed by atoms with Gasteiger partial charge in [-0.1, -0.05) is 43.9 Å². The molecular formula is C24H35N3O. The number of anilines is 1. The Bertz CT molecular complexity index is 684. The van der Waals surface area contributed by atoms with Crippen LogP contribution in [0.25, 0.3) is 0 Å². The Kier molecular flexibility index (Phi) is 4.86. The number of likely N-dealkylation sites (tertiary alicyclic amines) is 1. The fourth-order valence-electron chi connectivity index (χ4n) is 6.78. The number of nitrogens with zero attached hydrogens (tertiary/aromatic N) is 2. The van der Waals surface area contributed by atoms with Gasteiger partial charge in [0.15, 0.2) is 0 Å². The second kappa shape index (κ2) is 7.37. The summed E-state index contributed by atoms with van der Waals surface area (Å²) in [6.45, 7) is 2.78. The summed E-state index contributed by atoms with van der Waals surface area (Å²) in [6, 6.07) is 11.2. The Hall–Kier alpha value is -1.55.